The predicted octanol–water partition coefficient (Wildman–Crippen LogP) is 4.85. The van der Waals surface area contributed by atoms with E-state index >= 15 is 0 Å². The summed E-state index contributed by atoms with van der Waals surface area (Å²) in [5.41, 5.74) is 0.383. The summed E-state index contributed by atoms with van der Waals surface area (Å²) in [4.78, 5) is 27.7. The van der Waals surface area contributed by atoms with Gasteiger partial charge in [-0.15, -0.1) is 0 Å². The van der Waals surface area contributed by atoms with Crippen molar-refractivity contribution in [2.75, 3.05) is 17.1 Å². The fraction of sp³-hybridized carbons (Fsp3) is 0.391. The standard InChI is InChI=1S/C23H28BrCl2N3O4S/c1-15(22(31)27-23(2,3)4)28(13-16-6-9-18(25)12-20(16)26)21(30)14-29(34(5,32)33)19-10-7-17(24)8-11-19/h6-12,15H,13-14H2,1-5H3,(H,27,31)/t15-/m1/s1. The first-order valence-corrected chi connectivity index (χ1v) is 13.8. The van der Waals surface area contributed by atoms with Crippen LogP contribution in [-0.2, 0) is 26.2 Å². The number of sulfonamides is 1. The lowest BCUT2D eigenvalue weighted by Gasteiger charge is -2.33. The SMILES string of the molecule is C[C@H](C(=O)NC(C)(C)C)N(Cc1ccc(Cl)cc1Cl)C(=O)CN(c1ccc(Br)cc1)S(C)(=O)=O. The molecule has 34 heavy (non-hydrogen) atoms. The smallest absolute Gasteiger partial charge is 0.244 e. The second kappa shape index (κ2) is 11.3. The summed E-state index contributed by atoms with van der Waals surface area (Å²) in [6, 6.07) is 10.5. The maximum Gasteiger partial charge on any atom is 0.244 e. The Hall–Kier alpha value is -1.81. The Kier molecular flexibility index (Phi) is 9.44. The lowest BCUT2D eigenvalue weighted by Crippen LogP contribution is -2.54. The third kappa shape index (κ3) is 8.15. The molecular formula is C23H28BrCl2N3O4S. The summed E-state index contributed by atoms with van der Waals surface area (Å²) < 4.78 is 26.9. The largest absolute Gasteiger partial charge is 0.350 e. The quantitative estimate of drug-likeness (QED) is 0.474. The van der Waals surface area contributed by atoms with Crippen LogP contribution in [0.1, 0.15) is 33.3 Å². The maximum absolute atomic E-state index is 13.5. The minimum absolute atomic E-state index is 0.00843. The number of benzene rings is 2. The van der Waals surface area contributed by atoms with E-state index in [1.165, 1.54) is 4.90 Å². The predicted molar refractivity (Wildman–Crippen MR) is 141 cm³/mol. The normalized spacial score (nSPS) is 12.7. The van der Waals surface area contributed by atoms with Crippen LogP contribution in [0.5, 0.6) is 0 Å². The highest BCUT2D eigenvalue weighted by Crippen LogP contribution is 2.25. The summed E-state index contributed by atoms with van der Waals surface area (Å²) in [7, 11) is -3.79. The van der Waals surface area contributed by atoms with E-state index in [1.54, 1.807) is 49.4 Å². The summed E-state index contributed by atoms with van der Waals surface area (Å²) in [5.74, 6) is -0.934. The van der Waals surface area contributed by atoms with E-state index in [9.17, 15) is 18.0 Å². The highest BCUT2D eigenvalue weighted by Gasteiger charge is 2.31. The zero-order valence-corrected chi connectivity index (χ0v) is 23.5. The van der Waals surface area contributed by atoms with E-state index in [4.69, 9.17) is 23.2 Å². The van der Waals surface area contributed by atoms with Crippen molar-refractivity contribution in [3.63, 3.8) is 0 Å². The molecule has 0 bridgehead atoms. The van der Waals surface area contributed by atoms with Crippen molar-refractivity contribution in [1.82, 2.24) is 10.2 Å². The van der Waals surface area contributed by atoms with E-state index in [1.807, 2.05) is 20.8 Å². The molecule has 0 aliphatic carbocycles. The molecule has 186 valence electrons. The number of carbonyl (C=O) groups is 2. The average molecular weight is 593 g/mol. The van der Waals surface area contributed by atoms with Crippen molar-refractivity contribution in [2.45, 2.75) is 45.8 Å². The maximum atomic E-state index is 13.5. The van der Waals surface area contributed by atoms with Gasteiger partial charge in [0.25, 0.3) is 0 Å². The van der Waals surface area contributed by atoms with E-state index < -0.39 is 34.1 Å². The Bertz CT molecular complexity index is 1150. The van der Waals surface area contributed by atoms with E-state index in [-0.39, 0.29) is 12.5 Å². The van der Waals surface area contributed by atoms with Gasteiger partial charge in [0.15, 0.2) is 0 Å². The fourth-order valence-corrected chi connectivity index (χ4v) is 4.69. The molecule has 0 fully saturated rings. The highest BCUT2D eigenvalue weighted by atomic mass is 79.9. The molecule has 2 amide bonds. The molecule has 1 atom stereocenters. The van der Waals surface area contributed by atoms with Crippen molar-refractivity contribution < 1.29 is 18.0 Å². The van der Waals surface area contributed by atoms with Gasteiger partial charge < -0.3 is 10.2 Å². The minimum Gasteiger partial charge on any atom is -0.350 e. The molecular weight excluding hydrogens is 565 g/mol. The number of hydrogen-bond acceptors (Lipinski definition) is 4. The molecule has 2 aromatic rings. The molecule has 0 aromatic heterocycles. The summed E-state index contributed by atoms with van der Waals surface area (Å²) in [6.07, 6.45) is 1.03. The summed E-state index contributed by atoms with van der Waals surface area (Å²) in [5, 5.41) is 3.63. The molecule has 7 nitrogen and oxygen atoms in total. The topological polar surface area (TPSA) is 86.8 Å². The number of halogens is 3. The Morgan fingerprint density at radius 1 is 1.09 bits per heavy atom. The number of hydrogen-bond donors (Lipinski definition) is 1. The molecule has 0 aliphatic heterocycles. The van der Waals surface area contributed by atoms with Crippen LogP contribution in [0, 0.1) is 0 Å². The second-order valence-corrected chi connectivity index (χ2v) is 12.6. The number of nitrogens with one attached hydrogen (secondary N) is 1. The van der Waals surface area contributed by atoms with Gasteiger partial charge in [0.2, 0.25) is 21.8 Å². The Balaban J connectivity index is 2.43. The molecule has 0 aliphatic rings. The first kappa shape index (κ1) is 28.4. The van der Waals surface area contributed by atoms with Gasteiger partial charge in [-0.05, 0) is 69.7 Å². The van der Waals surface area contributed by atoms with Crippen LogP contribution in [0.4, 0.5) is 5.69 Å². The third-order valence-corrected chi connectivity index (χ3v) is 7.07. The molecule has 0 heterocycles. The molecule has 2 aromatic carbocycles. The molecule has 0 saturated heterocycles. The Labute approximate surface area is 219 Å². The van der Waals surface area contributed by atoms with Crippen molar-refractivity contribution in [1.29, 1.82) is 0 Å². The fourth-order valence-electron chi connectivity index (χ4n) is 3.11. The van der Waals surface area contributed by atoms with Gasteiger partial charge in [0.1, 0.15) is 12.6 Å². The minimum atomic E-state index is -3.79. The molecule has 1 N–H and O–H groups in total. The third-order valence-electron chi connectivity index (χ3n) is 4.82. The Morgan fingerprint density at radius 3 is 2.18 bits per heavy atom. The second-order valence-electron chi connectivity index (χ2n) is 8.92. The van der Waals surface area contributed by atoms with Gasteiger partial charge in [-0.25, -0.2) is 8.42 Å². The van der Waals surface area contributed by atoms with Crippen LogP contribution in [0.25, 0.3) is 0 Å². The molecule has 0 saturated carbocycles. The summed E-state index contributed by atoms with van der Waals surface area (Å²) >= 11 is 15.6. The number of carbonyl (C=O) groups excluding carboxylic acids is 2. The van der Waals surface area contributed by atoms with Crippen LogP contribution in [-0.4, -0.2) is 49.5 Å². The van der Waals surface area contributed by atoms with Gasteiger partial charge >= 0.3 is 0 Å². The number of rotatable bonds is 8. The van der Waals surface area contributed by atoms with Crippen LogP contribution in [0.3, 0.4) is 0 Å². The lowest BCUT2D eigenvalue weighted by molar-refractivity contribution is -0.140. The van der Waals surface area contributed by atoms with E-state index in [0.29, 0.717) is 21.3 Å². The van der Waals surface area contributed by atoms with Crippen LogP contribution in [0.2, 0.25) is 10.0 Å². The zero-order valence-electron chi connectivity index (χ0n) is 19.6. The van der Waals surface area contributed by atoms with Gasteiger partial charge in [-0.2, -0.15) is 0 Å². The highest BCUT2D eigenvalue weighted by molar-refractivity contribution is 9.10. The number of amides is 2. The first-order valence-electron chi connectivity index (χ1n) is 10.4. The van der Waals surface area contributed by atoms with Crippen molar-refractivity contribution in [2.24, 2.45) is 0 Å². The van der Waals surface area contributed by atoms with Crippen molar-refractivity contribution in [3.05, 3.63) is 62.5 Å². The first-order chi connectivity index (χ1) is 15.6. The van der Waals surface area contributed by atoms with Crippen molar-refractivity contribution >= 4 is 66.7 Å². The van der Waals surface area contributed by atoms with Crippen LogP contribution >= 0.6 is 39.1 Å². The monoisotopic (exact) mass is 591 g/mol. The van der Waals surface area contributed by atoms with Crippen molar-refractivity contribution in [3.8, 4) is 0 Å². The molecule has 2 rings (SSSR count). The van der Waals surface area contributed by atoms with Crippen LogP contribution in [0.15, 0.2) is 46.9 Å². The number of nitrogens with zero attached hydrogens (tertiary/aromatic N) is 2. The Morgan fingerprint density at radius 2 is 1.68 bits per heavy atom. The number of anilines is 1. The van der Waals surface area contributed by atoms with E-state index in [0.717, 1.165) is 15.0 Å². The van der Waals surface area contributed by atoms with E-state index in [2.05, 4.69) is 21.2 Å². The summed E-state index contributed by atoms with van der Waals surface area (Å²) in [6.45, 7) is 6.59. The van der Waals surface area contributed by atoms with Gasteiger partial charge in [-0.3, -0.25) is 13.9 Å². The van der Waals surface area contributed by atoms with Gasteiger partial charge in [0.05, 0.1) is 11.9 Å². The molecule has 0 radical (unpaired) electrons. The lowest BCUT2D eigenvalue weighted by atomic mass is 10.1. The van der Waals surface area contributed by atoms with Crippen LogP contribution < -0.4 is 9.62 Å². The molecule has 0 spiro atoms. The average Bonchev–Trinajstić information content (AvgIpc) is 2.69. The zero-order chi connectivity index (χ0) is 25.8. The molecule has 11 heteroatoms. The van der Waals surface area contributed by atoms with Gasteiger partial charge in [-0.1, -0.05) is 45.2 Å². The van der Waals surface area contributed by atoms with Gasteiger partial charge in [0, 0.05) is 26.6 Å². The molecule has 0 unspecified atom stereocenters.